The van der Waals surface area contributed by atoms with Gasteiger partial charge in [-0.25, -0.2) is 0 Å². The standard InChI is InChI=1S/C11H18N2O/c1-4-5-8(2)13-11(14)9(3)10-6-12-7-10/h4,8,12H,1,5-7H2,2-3H3,(H,13,14). The van der Waals surface area contributed by atoms with Crippen LogP contribution in [0.25, 0.3) is 0 Å². The molecule has 0 aromatic rings. The van der Waals surface area contributed by atoms with Gasteiger partial charge in [-0.1, -0.05) is 6.08 Å². The molecule has 1 amide bonds. The van der Waals surface area contributed by atoms with E-state index in [9.17, 15) is 4.79 Å². The molecule has 1 unspecified atom stereocenters. The summed E-state index contributed by atoms with van der Waals surface area (Å²) < 4.78 is 0. The second-order valence-electron chi connectivity index (χ2n) is 3.73. The third-order valence-electron chi connectivity index (χ3n) is 2.45. The topological polar surface area (TPSA) is 41.1 Å². The average molecular weight is 194 g/mol. The molecule has 78 valence electrons. The summed E-state index contributed by atoms with van der Waals surface area (Å²) in [6, 6.07) is 0.170. The van der Waals surface area contributed by atoms with Crippen LogP contribution in [0.15, 0.2) is 23.8 Å². The summed E-state index contributed by atoms with van der Waals surface area (Å²) in [6.45, 7) is 9.22. The molecule has 0 bridgehead atoms. The summed E-state index contributed by atoms with van der Waals surface area (Å²) >= 11 is 0. The van der Waals surface area contributed by atoms with Crippen LogP contribution in [0.1, 0.15) is 20.3 Å². The van der Waals surface area contributed by atoms with Crippen molar-refractivity contribution in [2.45, 2.75) is 26.3 Å². The Hall–Kier alpha value is -1.09. The van der Waals surface area contributed by atoms with Crippen molar-refractivity contribution in [1.82, 2.24) is 10.6 Å². The molecule has 1 fully saturated rings. The van der Waals surface area contributed by atoms with Crippen molar-refractivity contribution < 1.29 is 4.79 Å². The number of hydrogen-bond donors (Lipinski definition) is 2. The molecule has 1 heterocycles. The number of carbonyl (C=O) groups is 1. The van der Waals surface area contributed by atoms with E-state index in [0.29, 0.717) is 0 Å². The Balaban J connectivity index is 2.45. The minimum absolute atomic E-state index is 0.0517. The van der Waals surface area contributed by atoms with Gasteiger partial charge in [0.1, 0.15) is 0 Å². The molecule has 1 saturated heterocycles. The summed E-state index contributed by atoms with van der Waals surface area (Å²) in [6.07, 6.45) is 2.63. The summed E-state index contributed by atoms with van der Waals surface area (Å²) in [5, 5.41) is 6.06. The van der Waals surface area contributed by atoms with E-state index in [1.54, 1.807) is 0 Å². The molecule has 14 heavy (non-hydrogen) atoms. The highest BCUT2D eigenvalue weighted by Gasteiger charge is 2.16. The second kappa shape index (κ2) is 4.96. The van der Waals surface area contributed by atoms with Gasteiger partial charge in [-0.3, -0.25) is 4.79 Å². The number of hydrogen-bond acceptors (Lipinski definition) is 2. The molecule has 0 aromatic heterocycles. The van der Waals surface area contributed by atoms with Gasteiger partial charge in [0.05, 0.1) is 0 Å². The lowest BCUT2D eigenvalue weighted by molar-refractivity contribution is -0.118. The Morgan fingerprint density at radius 2 is 2.36 bits per heavy atom. The predicted octanol–water partition coefficient (Wildman–Crippen LogP) is 0.987. The van der Waals surface area contributed by atoms with Crippen molar-refractivity contribution in [3.05, 3.63) is 23.8 Å². The first-order valence-corrected chi connectivity index (χ1v) is 4.96. The number of carbonyl (C=O) groups excluding carboxylic acids is 1. The van der Waals surface area contributed by atoms with Crippen molar-refractivity contribution >= 4 is 5.91 Å². The number of amides is 1. The van der Waals surface area contributed by atoms with E-state index < -0.39 is 0 Å². The molecule has 3 nitrogen and oxygen atoms in total. The molecule has 3 heteroatoms. The summed E-state index contributed by atoms with van der Waals surface area (Å²) in [5.41, 5.74) is 2.08. The van der Waals surface area contributed by atoms with Crippen LogP contribution in [0.4, 0.5) is 0 Å². The fourth-order valence-corrected chi connectivity index (χ4v) is 1.32. The minimum atomic E-state index is 0.0517. The van der Waals surface area contributed by atoms with Crippen LogP contribution in [-0.2, 0) is 4.79 Å². The van der Waals surface area contributed by atoms with E-state index in [4.69, 9.17) is 0 Å². The van der Waals surface area contributed by atoms with Gasteiger partial charge in [0.15, 0.2) is 0 Å². The average Bonchev–Trinajstić information content (AvgIpc) is 2.01. The van der Waals surface area contributed by atoms with Crippen LogP contribution in [0.3, 0.4) is 0 Å². The largest absolute Gasteiger partial charge is 0.350 e. The molecule has 0 aromatic carbocycles. The van der Waals surface area contributed by atoms with Gasteiger partial charge in [-0.2, -0.15) is 0 Å². The summed E-state index contributed by atoms with van der Waals surface area (Å²) in [7, 11) is 0. The molecular weight excluding hydrogens is 176 g/mol. The second-order valence-corrected chi connectivity index (χ2v) is 3.73. The van der Waals surface area contributed by atoms with Crippen LogP contribution < -0.4 is 10.6 Å². The zero-order valence-corrected chi connectivity index (χ0v) is 8.89. The highest BCUT2D eigenvalue weighted by atomic mass is 16.1. The van der Waals surface area contributed by atoms with Crippen molar-refractivity contribution in [2.75, 3.05) is 13.1 Å². The molecule has 0 spiro atoms. The van der Waals surface area contributed by atoms with E-state index in [1.807, 2.05) is 19.9 Å². The van der Waals surface area contributed by atoms with Crippen molar-refractivity contribution in [1.29, 1.82) is 0 Å². The molecule has 0 saturated carbocycles. The smallest absolute Gasteiger partial charge is 0.247 e. The Bertz CT molecular complexity index is 262. The van der Waals surface area contributed by atoms with Gasteiger partial charge in [-0.15, -0.1) is 6.58 Å². The maximum atomic E-state index is 11.6. The van der Waals surface area contributed by atoms with E-state index in [1.165, 1.54) is 5.57 Å². The van der Waals surface area contributed by atoms with Gasteiger partial charge in [0, 0.05) is 24.7 Å². The third kappa shape index (κ3) is 2.70. The van der Waals surface area contributed by atoms with Gasteiger partial charge < -0.3 is 10.6 Å². The maximum Gasteiger partial charge on any atom is 0.247 e. The first kappa shape index (κ1) is 11.0. The lowest BCUT2D eigenvalue weighted by Gasteiger charge is -2.22. The highest BCUT2D eigenvalue weighted by molar-refractivity contribution is 5.94. The number of rotatable bonds is 4. The zero-order chi connectivity index (χ0) is 10.6. The first-order chi connectivity index (χ1) is 6.65. The lowest BCUT2D eigenvalue weighted by Crippen LogP contribution is -2.39. The SMILES string of the molecule is C=CCC(C)NC(=O)C(C)=C1CNC1. The molecule has 1 aliphatic heterocycles. The van der Waals surface area contributed by atoms with Crippen molar-refractivity contribution in [3.8, 4) is 0 Å². The van der Waals surface area contributed by atoms with E-state index in [-0.39, 0.29) is 11.9 Å². The molecule has 1 aliphatic rings. The van der Waals surface area contributed by atoms with Crippen LogP contribution in [0, 0.1) is 0 Å². The van der Waals surface area contributed by atoms with Gasteiger partial charge in [0.25, 0.3) is 0 Å². The van der Waals surface area contributed by atoms with Crippen LogP contribution in [-0.4, -0.2) is 25.0 Å². The van der Waals surface area contributed by atoms with E-state index >= 15 is 0 Å². The Morgan fingerprint density at radius 1 is 1.71 bits per heavy atom. The zero-order valence-electron chi connectivity index (χ0n) is 8.89. The fraction of sp³-hybridized carbons (Fsp3) is 0.545. The Kier molecular flexibility index (Phi) is 3.89. The molecule has 0 aliphatic carbocycles. The first-order valence-electron chi connectivity index (χ1n) is 4.96. The third-order valence-corrected chi connectivity index (χ3v) is 2.45. The van der Waals surface area contributed by atoms with Gasteiger partial charge in [-0.05, 0) is 25.8 Å². The van der Waals surface area contributed by atoms with Gasteiger partial charge >= 0.3 is 0 Å². The lowest BCUT2D eigenvalue weighted by atomic mass is 10.0. The monoisotopic (exact) mass is 194 g/mol. The van der Waals surface area contributed by atoms with E-state index in [0.717, 1.165) is 25.1 Å². The molecule has 0 radical (unpaired) electrons. The van der Waals surface area contributed by atoms with E-state index in [2.05, 4.69) is 17.2 Å². The molecular formula is C11H18N2O. The van der Waals surface area contributed by atoms with Crippen molar-refractivity contribution in [2.24, 2.45) is 0 Å². The summed E-state index contributed by atoms with van der Waals surface area (Å²) in [5.74, 6) is 0.0517. The fourth-order valence-electron chi connectivity index (χ4n) is 1.32. The van der Waals surface area contributed by atoms with Gasteiger partial charge in [0.2, 0.25) is 5.91 Å². The Morgan fingerprint density at radius 3 is 2.79 bits per heavy atom. The van der Waals surface area contributed by atoms with Crippen LogP contribution >= 0.6 is 0 Å². The van der Waals surface area contributed by atoms with Crippen LogP contribution in [0.5, 0.6) is 0 Å². The molecule has 1 atom stereocenters. The number of nitrogens with one attached hydrogen (secondary N) is 2. The predicted molar refractivity (Wildman–Crippen MR) is 58.0 cm³/mol. The molecule has 2 N–H and O–H groups in total. The minimum Gasteiger partial charge on any atom is -0.350 e. The molecule has 1 rings (SSSR count). The Labute approximate surface area is 85.3 Å². The quantitative estimate of drug-likeness (QED) is 0.517. The highest BCUT2D eigenvalue weighted by Crippen LogP contribution is 2.09. The summed E-state index contributed by atoms with van der Waals surface area (Å²) in [4.78, 5) is 11.6. The van der Waals surface area contributed by atoms with Crippen molar-refractivity contribution in [3.63, 3.8) is 0 Å². The normalized spacial score (nSPS) is 16.9. The van der Waals surface area contributed by atoms with Crippen LogP contribution in [0.2, 0.25) is 0 Å². The maximum absolute atomic E-state index is 11.6.